The minimum absolute atomic E-state index is 0.142. The van der Waals surface area contributed by atoms with Crippen LogP contribution in [0.15, 0.2) is 24.3 Å². The fourth-order valence-corrected chi connectivity index (χ4v) is 4.16. The lowest BCUT2D eigenvalue weighted by Gasteiger charge is -2.33. The second kappa shape index (κ2) is 5.61. The Hall–Kier alpha value is -2.37. The van der Waals surface area contributed by atoms with Crippen molar-refractivity contribution in [3.8, 4) is 0 Å². The highest BCUT2D eigenvalue weighted by Crippen LogP contribution is 2.39. The topological polar surface area (TPSA) is 69.7 Å². The Bertz CT molecular complexity index is 711. The summed E-state index contributed by atoms with van der Waals surface area (Å²) < 4.78 is 0. The lowest BCUT2D eigenvalue weighted by atomic mass is 9.76. The van der Waals surface area contributed by atoms with E-state index in [2.05, 4.69) is 5.32 Å². The number of benzene rings is 1. The average Bonchev–Trinajstić information content (AvgIpc) is 3.20. The third-order valence-electron chi connectivity index (χ3n) is 5.40. The lowest BCUT2D eigenvalue weighted by Crippen LogP contribution is -2.47. The summed E-state index contributed by atoms with van der Waals surface area (Å²) >= 11 is 0. The van der Waals surface area contributed by atoms with Crippen molar-refractivity contribution < 1.29 is 14.4 Å². The van der Waals surface area contributed by atoms with E-state index in [1.807, 2.05) is 24.3 Å². The van der Waals surface area contributed by atoms with Gasteiger partial charge in [-0.15, -0.1) is 0 Å². The van der Waals surface area contributed by atoms with Gasteiger partial charge in [-0.1, -0.05) is 24.3 Å². The first-order valence-corrected chi connectivity index (χ1v) is 8.62. The fourth-order valence-electron chi connectivity index (χ4n) is 4.16. The summed E-state index contributed by atoms with van der Waals surface area (Å²) in [6, 6.07) is 7.31. The highest BCUT2D eigenvalue weighted by molar-refractivity contribution is 6.09. The molecule has 0 radical (unpaired) electrons. The van der Waals surface area contributed by atoms with Crippen LogP contribution in [0, 0.1) is 0 Å². The summed E-state index contributed by atoms with van der Waals surface area (Å²) in [6.45, 7) is 1.28. The monoisotopic (exact) mass is 327 g/mol. The Morgan fingerprint density at radius 1 is 1.12 bits per heavy atom. The van der Waals surface area contributed by atoms with Gasteiger partial charge < -0.3 is 10.2 Å². The molecule has 6 heteroatoms. The van der Waals surface area contributed by atoms with Gasteiger partial charge in [-0.2, -0.15) is 0 Å². The van der Waals surface area contributed by atoms with Crippen LogP contribution < -0.4 is 5.32 Å². The zero-order chi connectivity index (χ0) is 16.7. The van der Waals surface area contributed by atoms with Gasteiger partial charge >= 0.3 is 6.03 Å². The van der Waals surface area contributed by atoms with Gasteiger partial charge in [0.2, 0.25) is 5.91 Å². The average molecular weight is 327 g/mol. The minimum Gasteiger partial charge on any atom is -0.341 e. The van der Waals surface area contributed by atoms with Crippen LogP contribution in [0.3, 0.4) is 0 Å². The summed E-state index contributed by atoms with van der Waals surface area (Å²) in [5.41, 5.74) is 0.993. The zero-order valence-electron chi connectivity index (χ0n) is 13.6. The number of urea groups is 1. The molecule has 24 heavy (non-hydrogen) atoms. The number of amides is 4. The number of rotatable bonds is 2. The van der Waals surface area contributed by atoms with E-state index < -0.39 is 11.6 Å². The number of carbonyl (C=O) groups excluding carboxylic acids is 3. The van der Waals surface area contributed by atoms with E-state index in [1.54, 1.807) is 4.90 Å². The molecule has 1 atom stereocenters. The van der Waals surface area contributed by atoms with Crippen molar-refractivity contribution in [1.82, 2.24) is 15.1 Å². The Morgan fingerprint density at radius 3 is 2.67 bits per heavy atom. The molecule has 4 rings (SSSR count). The summed E-state index contributed by atoms with van der Waals surface area (Å²) in [7, 11) is 0. The van der Waals surface area contributed by atoms with Crippen LogP contribution in [0.4, 0.5) is 4.79 Å². The quantitative estimate of drug-likeness (QED) is 0.835. The molecule has 0 unspecified atom stereocenters. The van der Waals surface area contributed by atoms with Crippen molar-refractivity contribution in [2.75, 3.05) is 19.6 Å². The molecule has 2 fully saturated rings. The fraction of sp³-hybridized carbons (Fsp3) is 0.500. The van der Waals surface area contributed by atoms with E-state index in [-0.39, 0.29) is 18.4 Å². The maximum absolute atomic E-state index is 13.1. The van der Waals surface area contributed by atoms with Crippen molar-refractivity contribution in [3.05, 3.63) is 35.4 Å². The van der Waals surface area contributed by atoms with Gasteiger partial charge in [0.05, 0.1) is 0 Å². The van der Waals surface area contributed by atoms with E-state index in [0.29, 0.717) is 6.42 Å². The number of hydrogen-bond acceptors (Lipinski definition) is 3. The molecule has 0 bridgehead atoms. The largest absolute Gasteiger partial charge is 0.341 e. The molecule has 2 saturated heterocycles. The zero-order valence-corrected chi connectivity index (χ0v) is 13.6. The van der Waals surface area contributed by atoms with E-state index in [1.165, 1.54) is 0 Å². The molecular weight excluding hydrogens is 306 g/mol. The third kappa shape index (κ3) is 2.20. The number of nitrogens with zero attached hydrogens (tertiary/aromatic N) is 2. The Kier molecular flexibility index (Phi) is 3.55. The van der Waals surface area contributed by atoms with Gasteiger partial charge in [-0.05, 0) is 43.2 Å². The number of carbonyl (C=O) groups is 3. The van der Waals surface area contributed by atoms with Crippen LogP contribution in [0.1, 0.15) is 36.8 Å². The van der Waals surface area contributed by atoms with Crippen LogP contribution in [0.2, 0.25) is 0 Å². The Balaban J connectivity index is 1.61. The second-order valence-electron chi connectivity index (χ2n) is 6.83. The van der Waals surface area contributed by atoms with Gasteiger partial charge in [-0.3, -0.25) is 14.5 Å². The van der Waals surface area contributed by atoms with Crippen LogP contribution in [0.25, 0.3) is 0 Å². The standard InChI is InChI=1S/C18H21N3O3/c22-15(20-10-3-4-11-20)12-21-16(23)18(19-17(21)24)9-5-7-13-6-1-2-8-14(13)18/h1-2,6,8H,3-5,7,9-12H2,(H,19,24)/t18-/m1/s1. The van der Waals surface area contributed by atoms with Crippen LogP contribution in [-0.2, 0) is 21.5 Å². The molecule has 1 aliphatic carbocycles. The van der Waals surface area contributed by atoms with E-state index in [9.17, 15) is 14.4 Å². The molecule has 1 N–H and O–H groups in total. The van der Waals surface area contributed by atoms with Crippen molar-refractivity contribution in [2.24, 2.45) is 0 Å². The van der Waals surface area contributed by atoms with Crippen LogP contribution in [0.5, 0.6) is 0 Å². The summed E-state index contributed by atoms with van der Waals surface area (Å²) in [5, 5.41) is 2.89. The summed E-state index contributed by atoms with van der Waals surface area (Å²) in [5.74, 6) is -0.427. The Labute approximate surface area is 140 Å². The number of fused-ring (bicyclic) bond motifs is 2. The molecule has 1 aromatic rings. The molecule has 1 aromatic carbocycles. The van der Waals surface area contributed by atoms with Crippen molar-refractivity contribution >= 4 is 17.8 Å². The normalized spacial score (nSPS) is 26.0. The first-order valence-electron chi connectivity index (χ1n) is 8.62. The summed E-state index contributed by atoms with van der Waals surface area (Å²) in [4.78, 5) is 40.7. The highest BCUT2D eigenvalue weighted by Gasteiger charge is 2.54. The molecule has 0 aromatic heterocycles. The molecule has 6 nitrogen and oxygen atoms in total. The van der Waals surface area contributed by atoms with E-state index in [4.69, 9.17) is 0 Å². The van der Waals surface area contributed by atoms with Gasteiger partial charge in [0.25, 0.3) is 5.91 Å². The molecular formula is C18H21N3O3. The smallest absolute Gasteiger partial charge is 0.325 e. The second-order valence-corrected chi connectivity index (χ2v) is 6.83. The van der Waals surface area contributed by atoms with Crippen molar-refractivity contribution in [3.63, 3.8) is 0 Å². The number of likely N-dealkylation sites (tertiary alicyclic amines) is 1. The third-order valence-corrected chi connectivity index (χ3v) is 5.40. The first-order chi connectivity index (χ1) is 11.6. The predicted octanol–water partition coefficient (Wildman–Crippen LogP) is 1.39. The van der Waals surface area contributed by atoms with Crippen molar-refractivity contribution in [2.45, 2.75) is 37.6 Å². The number of nitrogens with one attached hydrogen (secondary N) is 1. The highest BCUT2D eigenvalue weighted by atomic mass is 16.2. The van der Waals surface area contributed by atoms with Gasteiger partial charge in [0, 0.05) is 13.1 Å². The minimum atomic E-state index is -0.989. The maximum Gasteiger partial charge on any atom is 0.325 e. The number of hydrogen-bond donors (Lipinski definition) is 1. The van der Waals surface area contributed by atoms with Gasteiger partial charge in [0.1, 0.15) is 12.1 Å². The predicted molar refractivity (Wildman–Crippen MR) is 87.1 cm³/mol. The summed E-state index contributed by atoms with van der Waals surface area (Å²) in [6.07, 6.45) is 4.32. The number of imide groups is 1. The maximum atomic E-state index is 13.1. The molecule has 4 amide bonds. The Morgan fingerprint density at radius 2 is 1.88 bits per heavy atom. The molecule has 2 aliphatic heterocycles. The SMILES string of the molecule is O=C(CN1C(=O)N[C@@]2(CCCc3ccccc32)C1=O)N1CCCC1. The lowest BCUT2D eigenvalue weighted by molar-refractivity contribution is -0.139. The number of aryl methyl sites for hydroxylation is 1. The van der Waals surface area contributed by atoms with E-state index >= 15 is 0 Å². The van der Waals surface area contributed by atoms with Crippen LogP contribution in [-0.4, -0.2) is 47.3 Å². The molecule has 3 aliphatic rings. The molecule has 0 saturated carbocycles. The molecule has 126 valence electrons. The van der Waals surface area contributed by atoms with Gasteiger partial charge in [0.15, 0.2) is 0 Å². The van der Waals surface area contributed by atoms with Crippen molar-refractivity contribution in [1.29, 1.82) is 0 Å². The molecule has 2 heterocycles. The van der Waals surface area contributed by atoms with Gasteiger partial charge in [-0.25, -0.2) is 4.79 Å². The first kappa shape index (κ1) is 15.2. The molecule has 1 spiro atoms. The van der Waals surface area contributed by atoms with Crippen LogP contribution >= 0.6 is 0 Å². The van der Waals surface area contributed by atoms with E-state index in [0.717, 1.165) is 54.8 Å².